The second-order valence-corrected chi connectivity index (χ2v) is 6.41. The first kappa shape index (κ1) is 13.8. The van der Waals surface area contributed by atoms with Gasteiger partial charge in [0.15, 0.2) is 0 Å². The van der Waals surface area contributed by atoms with E-state index in [0.717, 1.165) is 25.9 Å². The number of carbonyl (C=O) groups is 1. The van der Waals surface area contributed by atoms with Gasteiger partial charge >= 0.3 is 0 Å². The van der Waals surface area contributed by atoms with Gasteiger partial charge in [0.05, 0.1) is 9.21 Å². The summed E-state index contributed by atoms with van der Waals surface area (Å²) in [6, 6.07) is 3.87. The van der Waals surface area contributed by atoms with Gasteiger partial charge < -0.3 is 10.2 Å². The van der Waals surface area contributed by atoms with Crippen LogP contribution in [-0.4, -0.2) is 36.5 Å². The number of likely N-dealkylation sites (tertiary alicyclic amines) is 1. The molecule has 1 aliphatic rings. The SMILES string of the molecule is CCCN1CCC(NC(=O)c2ccc(Cl)s2)CC1. The first-order valence-corrected chi connectivity index (χ1v) is 7.67. The van der Waals surface area contributed by atoms with E-state index in [4.69, 9.17) is 11.6 Å². The van der Waals surface area contributed by atoms with E-state index in [0.29, 0.717) is 15.3 Å². The molecule has 0 radical (unpaired) electrons. The molecule has 0 bridgehead atoms. The topological polar surface area (TPSA) is 32.3 Å². The van der Waals surface area contributed by atoms with E-state index in [1.54, 1.807) is 12.1 Å². The number of nitrogens with one attached hydrogen (secondary N) is 1. The molecule has 0 spiro atoms. The molecule has 0 aromatic carbocycles. The lowest BCUT2D eigenvalue weighted by Gasteiger charge is -2.31. The molecule has 1 fully saturated rings. The standard InChI is InChI=1S/C13H19ClN2OS/c1-2-7-16-8-5-10(6-9-16)15-13(17)11-3-4-12(14)18-11/h3-4,10H,2,5-9H2,1H3,(H,15,17). The third-order valence-electron chi connectivity index (χ3n) is 3.26. The first-order valence-electron chi connectivity index (χ1n) is 6.47. The van der Waals surface area contributed by atoms with Crippen molar-refractivity contribution in [1.82, 2.24) is 10.2 Å². The predicted octanol–water partition coefficient (Wildman–Crippen LogP) is 3.01. The number of halogens is 1. The van der Waals surface area contributed by atoms with E-state index >= 15 is 0 Å². The minimum atomic E-state index is 0.0147. The zero-order chi connectivity index (χ0) is 13.0. The molecular formula is C13H19ClN2OS. The van der Waals surface area contributed by atoms with Crippen LogP contribution in [0.3, 0.4) is 0 Å². The smallest absolute Gasteiger partial charge is 0.261 e. The zero-order valence-electron chi connectivity index (χ0n) is 10.6. The summed E-state index contributed by atoms with van der Waals surface area (Å²) >= 11 is 7.17. The average Bonchev–Trinajstić information content (AvgIpc) is 2.79. The number of rotatable bonds is 4. The summed E-state index contributed by atoms with van der Waals surface area (Å²) in [5, 5.41) is 3.10. The van der Waals surface area contributed by atoms with Gasteiger partial charge in [-0.05, 0) is 37.9 Å². The van der Waals surface area contributed by atoms with E-state index < -0.39 is 0 Å². The van der Waals surface area contributed by atoms with Crippen LogP contribution < -0.4 is 5.32 Å². The van der Waals surface area contributed by atoms with Crippen molar-refractivity contribution < 1.29 is 4.79 Å². The molecule has 1 aromatic rings. The highest BCUT2D eigenvalue weighted by atomic mass is 35.5. The third kappa shape index (κ3) is 3.70. The Morgan fingerprint density at radius 2 is 2.22 bits per heavy atom. The van der Waals surface area contributed by atoms with Crippen LogP contribution in [0.5, 0.6) is 0 Å². The summed E-state index contributed by atoms with van der Waals surface area (Å²) < 4.78 is 0.665. The summed E-state index contributed by atoms with van der Waals surface area (Å²) in [6.45, 7) is 5.55. The molecule has 2 rings (SSSR count). The van der Waals surface area contributed by atoms with Gasteiger partial charge in [-0.15, -0.1) is 11.3 Å². The van der Waals surface area contributed by atoms with Crippen LogP contribution in [0.1, 0.15) is 35.9 Å². The van der Waals surface area contributed by atoms with Gasteiger partial charge in [0.1, 0.15) is 0 Å². The minimum absolute atomic E-state index is 0.0147. The average molecular weight is 287 g/mol. The van der Waals surface area contributed by atoms with E-state index in [1.165, 1.54) is 24.3 Å². The number of thiophene rings is 1. The normalized spacial score (nSPS) is 17.9. The monoisotopic (exact) mass is 286 g/mol. The van der Waals surface area contributed by atoms with Crippen LogP contribution in [0.2, 0.25) is 4.34 Å². The van der Waals surface area contributed by atoms with Crippen molar-refractivity contribution in [2.24, 2.45) is 0 Å². The molecule has 100 valence electrons. The van der Waals surface area contributed by atoms with Crippen LogP contribution in [-0.2, 0) is 0 Å². The molecule has 0 unspecified atom stereocenters. The van der Waals surface area contributed by atoms with Gasteiger partial charge in [-0.1, -0.05) is 18.5 Å². The van der Waals surface area contributed by atoms with Crippen molar-refractivity contribution in [3.05, 3.63) is 21.3 Å². The van der Waals surface area contributed by atoms with E-state index in [-0.39, 0.29) is 5.91 Å². The van der Waals surface area contributed by atoms with Crippen LogP contribution in [0.4, 0.5) is 0 Å². The van der Waals surface area contributed by atoms with Crippen molar-refractivity contribution in [3.63, 3.8) is 0 Å². The first-order chi connectivity index (χ1) is 8.69. The number of hydrogen-bond acceptors (Lipinski definition) is 3. The van der Waals surface area contributed by atoms with E-state index in [9.17, 15) is 4.79 Å². The van der Waals surface area contributed by atoms with Crippen molar-refractivity contribution >= 4 is 28.8 Å². The van der Waals surface area contributed by atoms with Crippen LogP contribution in [0.15, 0.2) is 12.1 Å². The fourth-order valence-electron chi connectivity index (χ4n) is 2.31. The highest BCUT2D eigenvalue weighted by molar-refractivity contribution is 7.17. The molecule has 3 nitrogen and oxygen atoms in total. The maximum atomic E-state index is 12.0. The van der Waals surface area contributed by atoms with Crippen molar-refractivity contribution in [2.45, 2.75) is 32.2 Å². The number of carbonyl (C=O) groups excluding carboxylic acids is 1. The highest BCUT2D eigenvalue weighted by Gasteiger charge is 2.21. The Balaban J connectivity index is 1.79. The largest absolute Gasteiger partial charge is 0.349 e. The van der Waals surface area contributed by atoms with Gasteiger partial charge in [0, 0.05) is 19.1 Å². The molecule has 1 saturated heterocycles. The number of nitrogens with zero attached hydrogens (tertiary/aromatic N) is 1. The van der Waals surface area contributed by atoms with Crippen LogP contribution >= 0.6 is 22.9 Å². The van der Waals surface area contributed by atoms with E-state index in [1.807, 2.05) is 0 Å². The fraction of sp³-hybridized carbons (Fsp3) is 0.615. The molecule has 5 heteroatoms. The Morgan fingerprint density at radius 3 is 2.78 bits per heavy atom. The van der Waals surface area contributed by atoms with Gasteiger partial charge in [0.2, 0.25) is 0 Å². The molecule has 18 heavy (non-hydrogen) atoms. The summed E-state index contributed by atoms with van der Waals surface area (Å²) in [6.07, 6.45) is 3.29. The van der Waals surface area contributed by atoms with Gasteiger partial charge in [0.25, 0.3) is 5.91 Å². The zero-order valence-corrected chi connectivity index (χ0v) is 12.2. The molecule has 0 atom stereocenters. The fourth-order valence-corrected chi connectivity index (χ4v) is 3.26. The Morgan fingerprint density at radius 1 is 1.50 bits per heavy atom. The Hall–Kier alpha value is -0.580. The number of hydrogen-bond donors (Lipinski definition) is 1. The van der Waals surface area contributed by atoms with Crippen LogP contribution in [0, 0.1) is 0 Å². The second kappa shape index (κ2) is 6.55. The summed E-state index contributed by atoms with van der Waals surface area (Å²) in [5.74, 6) is 0.0147. The molecule has 0 saturated carbocycles. The van der Waals surface area contributed by atoms with Crippen molar-refractivity contribution in [3.8, 4) is 0 Å². The van der Waals surface area contributed by atoms with E-state index in [2.05, 4.69) is 17.1 Å². The lowest BCUT2D eigenvalue weighted by atomic mass is 10.0. The predicted molar refractivity (Wildman–Crippen MR) is 76.5 cm³/mol. The molecular weight excluding hydrogens is 268 g/mol. The molecule has 1 aromatic heterocycles. The second-order valence-electron chi connectivity index (χ2n) is 4.69. The third-order valence-corrected chi connectivity index (χ3v) is 4.49. The maximum absolute atomic E-state index is 12.0. The van der Waals surface area contributed by atoms with Gasteiger partial charge in [-0.2, -0.15) is 0 Å². The van der Waals surface area contributed by atoms with Crippen molar-refractivity contribution in [2.75, 3.05) is 19.6 Å². The quantitative estimate of drug-likeness (QED) is 0.923. The van der Waals surface area contributed by atoms with Gasteiger partial charge in [-0.25, -0.2) is 0 Å². The molecule has 1 N–H and O–H groups in total. The maximum Gasteiger partial charge on any atom is 0.261 e. The number of amides is 1. The molecule has 1 amide bonds. The summed E-state index contributed by atoms with van der Waals surface area (Å²) in [4.78, 5) is 15.1. The van der Waals surface area contributed by atoms with Crippen LogP contribution in [0.25, 0.3) is 0 Å². The Labute approximate surface area is 117 Å². The van der Waals surface area contributed by atoms with Gasteiger partial charge in [-0.3, -0.25) is 4.79 Å². The lowest BCUT2D eigenvalue weighted by molar-refractivity contribution is 0.0915. The molecule has 2 heterocycles. The summed E-state index contributed by atoms with van der Waals surface area (Å²) in [7, 11) is 0. The lowest BCUT2D eigenvalue weighted by Crippen LogP contribution is -2.44. The Bertz CT molecular complexity index is 399. The number of piperidine rings is 1. The highest BCUT2D eigenvalue weighted by Crippen LogP contribution is 2.21. The molecule has 1 aliphatic heterocycles. The minimum Gasteiger partial charge on any atom is -0.349 e. The van der Waals surface area contributed by atoms with Crippen molar-refractivity contribution in [1.29, 1.82) is 0 Å². The molecule has 0 aliphatic carbocycles. The summed E-state index contributed by atoms with van der Waals surface area (Å²) in [5.41, 5.74) is 0. The Kier molecular flexibility index (Phi) is 5.03.